The van der Waals surface area contributed by atoms with E-state index in [1.54, 1.807) is 6.07 Å². The van der Waals surface area contributed by atoms with Crippen LogP contribution in [-0.2, 0) is 16.6 Å². The maximum atomic E-state index is 12.8. The second kappa shape index (κ2) is 7.67. The van der Waals surface area contributed by atoms with Crippen LogP contribution in [0.2, 0.25) is 0 Å². The molecule has 0 fully saturated rings. The molecule has 1 aromatic heterocycles. The van der Waals surface area contributed by atoms with E-state index < -0.39 is 16.6 Å². The Morgan fingerprint density at radius 2 is 2.00 bits per heavy atom. The third kappa shape index (κ3) is 4.37. The van der Waals surface area contributed by atoms with Crippen LogP contribution in [0.15, 0.2) is 59.3 Å². The van der Waals surface area contributed by atoms with Gasteiger partial charge in [-0.1, -0.05) is 24.3 Å². The molecule has 0 aliphatic carbocycles. The largest absolute Gasteiger partial charge is 0.433 e. The van der Waals surface area contributed by atoms with Gasteiger partial charge in [0.25, 0.3) is 0 Å². The van der Waals surface area contributed by atoms with Crippen LogP contribution in [0.3, 0.4) is 0 Å². The normalized spacial score (nSPS) is 11.8. The molecule has 0 saturated carbocycles. The van der Waals surface area contributed by atoms with Crippen molar-refractivity contribution >= 4 is 21.4 Å². The number of hydrogen-bond donors (Lipinski definition) is 0. The highest BCUT2D eigenvalue weighted by atomic mass is 32.2. The van der Waals surface area contributed by atoms with Gasteiger partial charge in [-0.3, -0.25) is 0 Å². The number of nitrogens with zero attached hydrogens (tertiary/aromatic N) is 1. The predicted molar refractivity (Wildman–Crippen MR) is 85.2 cm³/mol. The van der Waals surface area contributed by atoms with Crippen LogP contribution in [-0.4, -0.2) is 25.9 Å². The Morgan fingerprint density at radius 3 is 2.61 bits per heavy atom. The molecule has 0 aliphatic rings. The zero-order valence-electron chi connectivity index (χ0n) is 12.1. The summed E-state index contributed by atoms with van der Waals surface area (Å²) in [7, 11) is -4.01. The minimum atomic E-state index is -4.01. The Balaban J connectivity index is 2.39. The minimum absolute atomic E-state index is 0.0588. The van der Waals surface area contributed by atoms with Crippen molar-refractivity contribution < 1.29 is 21.9 Å². The first-order valence-corrected chi connectivity index (χ1v) is 8.94. The molecule has 124 valence electrons. The predicted octanol–water partition coefficient (Wildman–Crippen LogP) is 3.73. The topological polar surface area (TPSA) is 46.6 Å². The highest BCUT2D eigenvalue weighted by Crippen LogP contribution is 2.29. The molecule has 0 unspecified atom stereocenters. The third-order valence-corrected chi connectivity index (χ3v) is 5.64. The fourth-order valence-electron chi connectivity index (χ4n) is 1.96. The molecule has 0 spiro atoms. The van der Waals surface area contributed by atoms with Gasteiger partial charge >= 0.3 is 6.61 Å². The Bertz CT molecular complexity index is 746. The molecule has 0 amide bonds. The second-order valence-corrected chi connectivity index (χ2v) is 7.43. The minimum Gasteiger partial charge on any atom is -0.433 e. The summed E-state index contributed by atoms with van der Waals surface area (Å²) in [6, 6.07) is 8.97. The van der Waals surface area contributed by atoms with E-state index in [9.17, 15) is 17.2 Å². The highest BCUT2D eigenvalue weighted by molar-refractivity contribution is 7.89. The Morgan fingerprint density at radius 1 is 1.26 bits per heavy atom. The number of thiophene rings is 1. The van der Waals surface area contributed by atoms with Gasteiger partial charge in [-0.2, -0.15) is 13.1 Å². The highest BCUT2D eigenvalue weighted by Gasteiger charge is 2.28. The smallest absolute Gasteiger partial charge is 0.387 e. The van der Waals surface area contributed by atoms with Gasteiger partial charge < -0.3 is 4.74 Å². The molecule has 2 aromatic rings. The molecular formula is C15H15F2NO3S2. The molecule has 0 atom stereocenters. The number of sulfonamides is 1. The average molecular weight is 359 g/mol. The molecule has 1 heterocycles. The van der Waals surface area contributed by atoms with Crippen LogP contribution < -0.4 is 4.74 Å². The summed E-state index contributed by atoms with van der Waals surface area (Å²) in [5.41, 5.74) is 0. The van der Waals surface area contributed by atoms with Crippen molar-refractivity contribution in [1.29, 1.82) is 0 Å². The number of halogens is 2. The number of ether oxygens (including phenoxy) is 1. The summed E-state index contributed by atoms with van der Waals surface area (Å²) in [6.45, 7) is 0.646. The van der Waals surface area contributed by atoms with Crippen LogP contribution in [0.1, 0.15) is 4.88 Å². The number of benzene rings is 1. The van der Waals surface area contributed by atoms with E-state index in [1.807, 2.05) is 11.4 Å². The van der Waals surface area contributed by atoms with Gasteiger partial charge in [-0.05, 0) is 23.6 Å². The van der Waals surface area contributed by atoms with E-state index in [2.05, 4.69) is 11.3 Å². The van der Waals surface area contributed by atoms with Crippen molar-refractivity contribution in [2.24, 2.45) is 0 Å². The third-order valence-electron chi connectivity index (χ3n) is 2.93. The van der Waals surface area contributed by atoms with Crippen LogP contribution >= 0.6 is 11.3 Å². The van der Waals surface area contributed by atoms with Gasteiger partial charge in [-0.25, -0.2) is 8.42 Å². The Labute approximate surface area is 137 Å². The first-order valence-electron chi connectivity index (χ1n) is 6.62. The molecule has 23 heavy (non-hydrogen) atoms. The zero-order chi connectivity index (χ0) is 16.9. The molecule has 0 N–H and O–H groups in total. The molecule has 0 saturated heterocycles. The summed E-state index contributed by atoms with van der Waals surface area (Å²) < 4.78 is 56.1. The quantitative estimate of drug-likeness (QED) is 0.675. The maximum Gasteiger partial charge on any atom is 0.387 e. The number of hydrogen-bond acceptors (Lipinski definition) is 4. The maximum absolute atomic E-state index is 12.8. The lowest BCUT2D eigenvalue weighted by atomic mass is 10.3. The average Bonchev–Trinajstić information content (AvgIpc) is 2.99. The van der Waals surface area contributed by atoms with Crippen LogP contribution in [0.5, 0.6) is 5.75 Å². The second-order valence-electron chi connectivity index (χ2n) is 4.49. The van der Waals surface area contributed by atoms with E-state index in [4.69, 9.17) is 0 Å². The Kier molecular flexibility index (Phi) is 5.86. The van der Waals surface area contributed by atoms with E-state index in [-0.39, 0.29) is 23.7 Å². The van der Waals surface area contributed by atoms with E-state index >= 15 is 0 Å². The van der Waals surface area contributed by atoms with Crippen molar-refractivity contribution in [3.05, 3.63) is 59.3 Å². The fourth-order valence-corrected chi connectivity index (χ4v) is 4.27. The van der Waals surface area contributed by atoms with Crippen LogP contribution in [0.4, 0.5) is 8.78 Å². The summed E-state index contributed by atoms with van der Waals surface area (Å²) in [6.07, 6.45) is 1.45. The summed E-state index contributed by atoms with van der Waals surface area (Å²) in [4.78, 5) is 0.543. The summed E-state index contributed by atoms with van der Waals surface area (Å²) in [5, 5.41) is 1.84. The van der Waals surface area contributed by atoms with Crippen molar-refractivity contribution in [2.75, 3.05) is 6.54 Å². The Hall–Kier alpha value is -1.77. The lowest BCUT2D eigenvalue weighted by Crippen LogP contribution is -2.31. The monoisotopic (exact) mass is 359 g/mol. The van der Waals surface area contributed by atoms with Gasteiger partial charge in [-0.15, -0.1) is 17.9 Å². The fraction of sp³-hybridized carbons (Fsp3) is 0.200. The van der Waals surface area contributed by atoms with Crippen molar-refractivity contribution in [1.82, 2.24) is 4.31 Å². The van der Waals surface area contributed by atoms with Crippen molar-refractivity contribution in [2.45, 2.75) is 18.1 Å². The SMILES string of the molecule is C=CCN(Cc1cccs1)S(=O)(=O)c1ccccc1OC(F)F. The lowest BCUT2D eigenvalue weighted by Gasteiger charge is -2.21. The lowest BCUT2D eigenvalue weighted by molar-refractivity contribution is -0.0517. The molecule has 0 bridgehead atoms. The first-order chi connectivity index (χ1) is 10.9. The van der Waals surface area contributed by atoms with Gasteiger partial charge in [0.1, 0.15) is 10.6 Å². The summed E-state index contributed by atoms with van der Waals surface area (Å²) in [5.74, 6) is -0.372. The van der Waals surface area contributed by atoms with E-state index in [0.717, 1.165) is 4.88 Å². The number of rotatable bonds is 8. The molecular weight excluding hydrogens is 344 g/mol. The van der Waals surface area contributed by atoms with Gasteiger partial charge in [0, 0.05) is 18.0 Å². The van der Waals surface area contributed by atoms with Crippen LogP contribution in [0, 0.1) is 0 Å². The van der Waals surface area contributed by atoms with E-state index in [1.165, 1.54) is 46.0 Å². The van der Waals surface area contributed by atoms with Gasteiger partial charge in [0.15, 0.2) is 0 Å². The van der Waals surface area contributed by atoms with E-state index in [0.29, 0.717) is 0 Å². The number of para-hydroxylation sites is 1. The molecule has 4 nitrogen and oxygen atoms in total. The van der Waals surface area contributed by atoms with Crippen molar-refractivity contribution in [3.8, 4) is 5.75 Å². The van der Waals surface area contributed by atoms with Gasteiger partial charge in [0.05, 0.1) is 0 Å². The molecule has 1 aromatic carbocycles. The molecule has 8 heteroatoms. The van der Waals surface area contributed by atoms with Gasteiger partial charge in [0.2, 0.25) is 10.0 Å². The zero-order valence-corrected chi connectivity index (χ0v) is 13.7. The first kappa shape index (κ1) is 17.6. The van der Waals surface area contributed by atoms with Crippen LogP contribution in [0.25, 0.3) is 0 Å². The summed E-state index contributed by atoms with van der Waals surface area (Å²) >= 11 is 1.41. The molecule has 0 radical (unpaired) electrons. The number of alkyl halides is 2. The standard InChI is InChI=1S/C15H15F2NO3S2/c1-2-9-18(11-12-6-5-10-22-12)23(19,20)14-8-4-3-7-13(14)21-15(16)17/h2-8,10,15H,1,9,11H2. The molecule has 0 aliphatic heterocycles. The molecule has 2 rings (SSSR count). The van der Waals surface area contributed by atoms with Crippen molar-refractivity contribution in [3.63, 3.8) is 0 Å².